The van der Waals surface area contributed by atoms with Crippen LogP contribution in [0.25, 0.3) is 0 Å². The first-order valence-corrected chi connectivity index (χ1v) is 3.42. The Morgan fingerprint density at radius 2 is 2.00 bits per heavy atom. The molecule has 0 amide bonds. The van der Waals surface area contributed by atoms with Gasteiger partial charge in [-0.1, -0.05) is 13.8 Å². The fourth-order valence-corrected chi connectivity index (χ4v) is 0.552. The van der Waals surface area contributed by atoms with E-state index in [4.69, 9.17) is 16.2 Å². The molecule has 0 spiro atoms. The molecular formula is C7H17ClN2O. The van der Waals surface area contributed by atoms with Crippen LogP contribution in [-0.4, -0.2) is 17.5 Å². The van der Waals surface area contributed by atoms with E-state index in [1.807, 2.05) is 13.8 Å². The molecular weight excluding hydrogens is 164 g/mol. The first kappa shape index (κ1) is 13.3. The fourth-order valence-electron chi connectivity index (χ4n) is 0.552. The number of nitrogens with one attached hydrogen (secondary N) is 1. The Kier molecular flexibility index (Phi) is 6.52. The molecule has 0 saturated carbocycles. The largest absolute Gasteiger partial charge is 0.396 e. The molecule has 0 rings (SSSR count). The highest BCUT2D eigenvalue weighted by molar-refractivity contribution is 5.85. The second kappa shape index (κ2) is 5.38. The molecule has 0 atom stereocenters. The Bertz CT molecular complexity index is 126. The third-order valence-electron chi connectivity index (χ3n) is 1.50. The molecule has 0 aromatic carbocycles. The van der Waals surface area contributed by atoms with E-state index in [0.29, 0.717) is 6.42 Å². The topological polar surface area (TPSA) is 70.1 Å². The molecule has 0 aromatic heterocycles. The number of rotatable bonds is 4. The summed E-state index contributed by atoms with van der Waals surface area (Å²) in [6.07, 6.45) is 1.35. The highest BCUT2D eigenvalue weighted by atomic mass is 35.5. The highest BCUT2D eigenvalue weighted by Crippen LogP contribution is 2.20. The summed E-state index contributed by atoms with van der Waals surface area (Å²) in [4.78, 5) is 0. The molecule has 0 bridgehead atoms. The predicted molar refractivity (Wildman–Crippen MR) is 49.3 cm³/mol. The SMILES string of the molecule is CC(C)(CO)CCC(=N)N.Cl. The van der Waals surface area contributed by atoms with Crippen LogP contribution in [0.4, 0.5) is 0 Å². The summed E-state index contributed by atoms with van der Waals surface area (Å²) in [7, 11) is 0. The van der Waals surface area contributed by atoms with E-state index in [0.717, 1.165) is 6.42 Å². The second-order valence-corrected chi connectivity index (χ2v) is 3.35. The van der Waals surface area contributed by atoms with Gasteiger partial charge in [0.2, 0.25) is 0 Å². The second-order valence-electron chi connectivity index (χ2n) is 3.35. The molecule has 68 valence electrons. The van der Waals surface area contributed by atoms with E-state index < -0.39 is 0 Å². The number of hydrogen-bond donors (Lipinski definition) is 3. The molecule has 11 heavy (non-hydrogen) atoms. The van der Waals surface area contributed by atoms with Crippen molar-refractivity contribution >= 4 is 18.2 Å². The van der Waals surface area contributed by atoms with Gasteiger partial charge in [0.15, 0.2) is 0 Å². The van der Waals surface area contributed by atoms with Gasteiger partial charge in [-0.3, -0.25) is 5.41 Å². The van der Waals surface area contributed by atoms with Crippen LogP contribution in [0.3, 0.4) is 0 Å². The monoisotopic (exact) mass is 180 g/mol. The zero-order valence-corrected chi connectivity index (χ0v) is 7.87. The summed E-state index contributed by atoms with van der Waals surface area (Å²) in [6, 6.07) is 0. The van der Waals surface area contributed by atoms with Gasteiger partial charge in [-0.2, -0.15) is 0 Å². The lowest BCUT2D eigenvalue weighted by Crippen LogP contribution is -2.20. The number of hydrogen-bond acceptors (Lipinski definition) is 2. The van der Waals surface area contributed by atoms with Crippen molar-refractivity contribution in [2.45, 2.75) is 26.7 Å². The minimum absolute atomic E-state index is 0. The Hall–Kier alpha value is -0.280. The zero-order valence-electron chi connectivity index (χ0n) is 7.05. The quantitative estimate of drug-likeness (QED) is 0.449. The van der Waals surface area contributed by atoms with Crippen LogP contribution in [0.2, 0.25) is 0 Å². The minimum atomic E-state index is -0.0916. The molecule has 0 aliphatic carbocycles. The maximum atomic E-state index is 8.80. The lowest BCUT2D eigenvalue weighted by molar-refractivity contribution is 0.152. The number of amidine groups is 1. The lowest BCUT2D eigenvalue weighted by atomic mass is 9.89. The number of aliphatic hydroxyl groups excluding tert-OH is 1. The van der Waals surface area contributed by atoms with Crippen molar-refractivity contribution in [3.8, 4) is 0 Å². The standard InChI is InChI=1S/C7H16N2O.ClH/c1-7(2,5-10)4-3-6(8)9;/h10H,3-5H2,1-2H3,(H3,8,9);1H. The van der Waals surface area contributed by atoms with Gasteiger partial charge < -0.3 is 10.8 Å². The van der Waals surface area contributed by atoms with Gasteiger partial charge in [-0.25, -0.2) is 0 Å². The van der Waals surface area contributed by atoms with Crippen LogP contribution in [0, 0.1) is 10.8 Å². The predicted octanol–water partition coefficient (Wildman–Crippen LogP) is 1.14. The van der Waals surface area contributed by atoms with Crippen LogP contribution in [-0.2, 0) is 0 Å². The van der Waals surface area contributed by atoms with E-state index in [9.17, 15) is 0 Å². The lowest BCUT2D eigenvalue weighted by Gasteiger charge is -2.20. The first-order valence-electron chi connectivity index (χ1n) is 3.42. The first-order chi connectivity index (χ1) is 4.48. The van der Waals surface area contributed by atoms with Crippen LogP contribution >= 0.6 is 12.4 Å². The van der Waals surface area contributed by atoms with E-state index in [2.05, 4.69) is 0 Å². The number of nitrogens with two attached hydrogens (primary N) is 1. The van der Waals surface area contributed by atoms with Gasteiger partial charge in [-0.15, -0.1) is 12.4 Å². The molecule has 4 N–H and O–H groups in total. The van der Waals surface area contributed by atoms with E-state index in [1.54, 1.807) is 0 Å². The van der Waals surface area contributed by atoms with E-state index in [1.165, 1.54) is 0 Å². The fraction of sp³-hybridized carbons (Fsp3) is 0.857. The smallest absolute Gasteiger partial charge is 0.0905 e. The Morgan fingerprint density at radius 3 is 2.27 bits per heavy atom. The summed E-state index contributed by atoms with van der Waals surface area (Å²) in [5, 5.41) is 15.7. The summed E-state index contributed by atoms with van der Waals surface area (Å²) >= 11 is 0. The van der Waals surface area contributed by atoms with Crippen molar-refractivity contribution in [3.05, 3.63) is 0 Å². The summed E-state index contributed by atoms with van der Waals surface area (Å²) < 4.78 is 0. The van der Waals surface area contributed by atoms with Crippen molar-refractivity contribution in [3.63, 3.8) is 0 Å². The van der Waals surface area contributed by atoms with Crippen LogP contribution in [0.15, 0.2) is 0 Å². The maximum Gasteiger partial charge on any atom is 0.0905 e. The highest BCUT2D eigenvalue weighted by Gasteiger charge is 2.15. The van der Waals surface area contributed by atoms with Gasteiger partial charge in [0.05, 0.1) is 5.84 Å². The molecule has 0 fully saturated rings. The van der Waals surface area contributed by atoms with Crippen LogP contribution < -0.4 is 5.73 Å². The molecule has 0 unspecified atom stereocenters. The van der Waals surface area contributed by atoms with Crippen molar-refractivity contribution in [2.75, 3.05) is 6.61 Å². The summed E-state index contributed by atoms with van der Waals surface area (Å²) in [5.74, 6) is 0.196. The molecule has 0 aliphatic heterocycles. The van der Waals surface area contributed by atoms with Crippen molar-refractivity contribution in [1.29, 1.82) is 5.41 Å². The van der Waals surface area contributed by atoms with Crippen molar-refractivity contribution < 1.29 is 5.11 Å². The van der Waals surface area contributed by atoms with Gasteiger partial charge in [0, 0.05) is 13.0 Å². The zero-order chi connectivity index (χ0) is 8.20. The Balaban J connectivity index is 0. The maximum absolute atomic E-state index is 8.80. The van der Waals surface area contributed by atoms with Crippen molar-refractivity contribution in [2.24, 2.45) is 11.1 Å². The molecule has 3 nitrogen and oxygen atoms in total. The molecule has 4 heteroatoms. The van der Waals surface area contributed by atoms with Gasteiger partial charge in [-0.05, 0) is 11.8 Å². The number of aliphatic hydroxyl groups is 1. The Morgan fingerprint density at radius 1 is 1.55 bits per heavy atom. The average Bonchev–Trinajstić information content (AvgIpc) is 1.85. The number of halogens is 1. The summed E-state index contributed by atoms with van der Waals surface area (Å²) in [5.41, 5.74) is 5.06. The van der Waals surface area contributed by atoms with Crippen LogP contribution in [0.1, 0.15) is 26.7 Å². The molecule has 0 aliphatic rings. The van der Waals surface area contributed by atoms with Crippen molar-refractivity contribution in [1.82, 2.24) is 0 Å². The minimum Gasteiger partial charge on any atom is -0.396 e. The van der Waals surface area contributed by atoms with Gasteiger partial charge >= 0.3 is 0 Å². The molecule has 0 heterocycles. The summed E-state index contributed by atoms with van der Waals surface area (Å²) in [6.45, 7) is 4.06. The normalized spacial score (nSPS) is 10.5. The molecule has 0 aromatic rings. The van der Waals surface area contributed by atoms with Gasteiger partial charge in [0.1, 0.15) is 0 Å². The van der Waals surface area contributed by atoms with E-state index in [-0.39, 0.29) is 30.3 Å². The average molecular weight is 181 g/mol. The molecule has 0 saturated heterocycles. The van der Waals surface area contributed by atoms with E-state index >= 15 is 0 Å². The molecule has 0 radical (unpaired) electrons. The third-order valence-corrected chi connectivity index (χ3v) is 1.50. The third kappa shape index (κ3) is 7.62. The Labute approximate surface area is 73.9 Å². The van der Waals surface area contributed by atoms with Gasteiger partial charge in [0.25, 0.3) is 0 Å². The van der Waals surface area contributed by atoms with Crippen LogP contribution in [0.5, 0.6) is 0 Å².